The highest BCUT2D eigenvalue weighted by Gasteiger charge is 2.22. The third-order valence-electron chi connectivity index (χ3n) is 4.99. The van der Waals surface area contributed by atoms with Crippen molar-refractivity contribution in [2.45, 2.75) is 78.2 Å². The highest BCUT2D eigenvalue weighted by atomic mass is 16.4. The first-order valence-corrected chi connectivity index (χ1v) is 9.57. The van der Waals surface area contributed by atoms with Gasteiger partial charge < -0.3 is 19.9 Å². The molecule has 0 aromatic carbocycles. The molecule has 1 aliphatic carbocycles. The summed E-state index contributed by atoms with van der Waals surface area (Å²) in [5.41, 5.74) is 1.40. The molecule has 150 valence electrons. The fraction of sp³-hybridized carbons (Fsp3) is 0.750. The van der Waals surface area contributed by atoms with Crippen molar-refractivity contribution >= 4 is 17.7 Å². The third kappa shape index (κ3) is 11.8. The van der Waals surface area contributed by atoms with E-state index in [9.17, 15) is 4.79 Å². The van der Waals surface area contributed by atoms with E-state index < -0.39 is 11.9 Å². The summed E-state index contributed by atoms with van der Waals surface area (Å²) in [6.07, 6.45) is 11.6. The first kappa shape index (κ1) is 24.3. The number of hydrogen-bond donors (Lipinski definition) is 2. The van der Waals surface area contributed by atoms with Crippen LogP contribution in [-0.2, 0) is 14.4 Å². The molecule has 0 heterocycles. The number of hydrogen-bond acceptors (Lipinski definition) is 4. The Morgan fingerprint density at radius 1 is 1.19 bits per heavy atom. The number of ketones is 1. The molecule has 1 saturated carbocycles. The van der Waals surface area contributed by atoms with E-state index in [2.05, 4.69) is 33.9 Å². The zero-order valence-electron chi connectivity index (χ0n) is 16.7. The minimum Gasteiger partial charge on any atom is -0.539 e. The van der Waals surface area contributed by atoms with Crippen LogP contribution < -0.4 is 10.0 Å². The normalized spacial score (nSPS) is 16.6. The average Bonchev–Trinajstić information content (AvgIpc) is 2.60. The Bertz CT molecular complexity index is 465. The van der Waals surface area contributed by atoms with Gasteiger partial charge in [-0.25, -0.2) is 4.79 Å². The molecule has 6 heteroatoms. The smallest absolute Gasteiger partial charge is 0.351 e. The van der Waals surface area contributed by atoms with Gasteiger partial charge in [-0.05, 0) is 40.0 Å². The molecule has 0 spiro atoms. The van der Waals surface area contributed by atoms with Gasteiger partial charge >= 0.3 is 5.97 Å². The number of allylic oxidation sites excluding steroid dienone is 2. The molecule has 0 aromatic heterocycles. The summed E-state index contributed by atoms with van der Waals surface area (Å²) < 4.78 is 0. The molecule has 0 amide bonds. The second-order valence-corrected chi connectivity index (χ2v) is 7.50. The highest BCUT2D eigenvalue weighted by molar-refractivity contribution is 6.26. The van der Waals surface area contributed by atoms with E-state index in [-0.39, 0.29) is 0 Å². The lowest BCUT2D eigenvalue weighted by atomic mass is 9.85. The van der Waals surface area contributed by atoms with Crippen molar-refractivity contribution in [1.82, 2.24) is 0 Å². The van der Waals surface area contributed by atoms with Crippen molar-refractivity contribution in [3.8, 4) is 0 Å². The van der Waals surface area contributed by atoms with Crippen molar-refractivity contribution in [2.24, 2.45) is 5.92 Å². The van der Waals surface area contributed by atoms with E-state index in [1.165, 1.54) is 36.2 Å². The molecule has 2 unspecified atom stereocenters. The first-order valence-electron chi connectivity index (χ1n) is 9.57. The van der Waals surface area contributed by atoms with Crippen LogP contribution in [0.3, 0.4) is 0 Å². The minimum atomic E-state index is -2.07. The molecule has 0 aliphatic heterocycles. The number of quaternary nitrogens is 1. The Balaban J connectivity index is 0.000000896. The summed E-state index contributed by atoms with van der Waals surface area (Å²) in [4.78, 5) is 31.7. The van der Waals surface area contributed by atoms with Crippen LogP contribution in [-0.4, -0.2) is 42.5 Å². The Hall–Kier alpha value is -1.69. The highest BCUT2D eigenvalue weighted by Crippen LogP contribution is 2.24. The van der Waals surface area contributed by atoms with Gasteiger partial charge in [0.05, 0.1) is 26.1 Å². The maximum atomic E-state index is 12.2. The number of nitrogens with one attached hydrogen (secondary N) is 1. The Kier molecular flexibility index (Phi) is 12.6. The number of aliphatic carboxylic acids is 2. The molecule has 1 aliphatic rings. The average molecular weight is 370 g/mol. The molecule has 1 fully saturated rings. The lowest BCUT2D eigenvalue weighted by Crippen LogP contribution is -3.12. The molecule has 0 bridgehead atoms. The van der Waals surface area contributed by atoms with E-state index in [4.69, 9.17) is 19.8 Å². The first-order chi connectivity index (χ1) is 12.1. The Morgan fingerprint density at radius 3 is 2.19 bits per heavy atom. The van der Waals surface area contributed by atoms with Crippen molar-refractivity contribution in [1.29, 1.82) is 0 Å². The van der Waals surface area contributed by atoms with Gasteiger partial charge in [0.2, 0.25) is 0 Å². The SMILES string of the molecule is CC(C)=CCCC(C)[NH+](C)CCC(=O)C1CCCCC1.O=C([O-])C(=O)O. The summed E-state index contributed by atoms with van der Waals surface area (Å²) in [5.74, 6) is -3.09. The van der Waals surface area contributed by atoms with E-state index in [1.54, 1.807) is 0 Å². The molecular weight excluding hydrogens is 334 g/mol. The van der Waals surface area contributed by atoms with Gasteiger partial charge in [-0.2, -0.15) is 0 Å². The van der Waals surface area contributed by atoms with Crippen molar-refractivity contribution in [3.63, 3.8) is 0 Å². The van der Waals surface area contributed by atoms with Gasteiger partial charge in [-0.15, -0.1) is 0 Å². The molecule has 0 saturated heterocycles. The topological polar surface area (TPSA) is 98.9 Å². The monoisotopic (exact) mass is 369 g/mol. The molecule has 0 radical (unpaired) electrons. The molecule has 6 nitrogen and oxygen atoms in total. The number of carbonyl (C=O) groups is 3. The second-order valence-electron chi connectivity index (χ2n) is 7.50. The molecule has 2 atom stereocenters. The zero-order valence-corrected chi connectivity index (χ0v) is 16.7. The van der Waals surface area contributed by atoms with Gasteiger partial charge in [0.25, 0.3) is 0 Å². The maximum Gasteiger partial charge on any atom is 0.351 e. The van der Waals surface area contributed by atoms with Gasteiger partial charge in [0.15, 0.2) is 5.97 Å². The van der Waals surface area contributed by atoms with Crippen LogP contribution in [0, 0.1) is 5.92 Å². The van der Waals surface area contributed by atoms with E-state index >= 15 is 0 Å². The molecule has 1 rings (SSSR count). The molecule has 26 heavy (non-hydrogen) atoms. The van der Waals surface area contributed by atoms with E-state index in [0.717, 1.165) is 32.2 Å². The minimum absolute atomic E-state index is 0.387. The van der Waals surface area contributed by atoms with Gasteiger partial charge in [0, 0.05) is 12.3 Å². The number of carboxylic acid groups (broad SMARTS) is 2. The summed E-state index contributed by atoms with van der Waals surface area (Å²) in [5, 5.41) is 16.3. The largest absolute Gasteiger partial charge is 0.539 e. The van der Waals surface area contributed by atoms with Crippen molar-refractivity contribution < 1.29 is 29.5 Å². The zero-order chi connectivity index (χ0) is 20.1. The standard InChI is InChI=1S/C18H33NO.C2H2O4/c1-15(2)9-8-10-16(3)19(4)14-13-18(20)17-11-6-5-7-12-17;3-1(4)2(5)6/h9,16-17H,5-8,10-14H2,1-4H3;(H,3,4)(H,5,6). The van der Waals surface area contributed by atoms with Crippen LogP contribution in [0.2, 0.25) is 0 Å². The maximum absolute atomic E-state index is 12.2. The van der Waals surface area contributed by atoms with Crippen LogP contribution in [0.1, 0.15) is 72.1 Å². The number of carboxylic acids is 2. The van der Waals surface area contributed by atoms with E-state index in [1.807, 2.05) is 0 Å². The fourth-order valence-corrected chi connectivity index (χ4v) is 3.06. The predicted octanol–water partition coefficient (Wildman–Crippen LogP) is 0.996. The van der Waals surface area contributed by atoms with Gasteiger partial charge in [-0.1, -0.05) is 30.9 Å². The summed E-state index contributed by atoms with van der Waals surface area (Å²) in [6, 6.07) is 0.643. The Labute approximate surface area is 157 Å². The number of rotatable bonds is 8. The number of carbonyl (C=O) groups excluding carboxylic acids is 2. The lowest BCUT2D eigenvalue weighted by molar-refractivity contribution is -0.903. The predicted molar refractivity (Wildman–Crippen MR) is 98.7 cm³/mol. The lowest BCUT2D eigenvalue weighted by Gasteiger charge is -2.24. The number of Topliss-reactive ketones (excluding diaryl/α,β-unsaturated/α-hetero) is 1. The Morgan fingerprint density at radius 2 is 1.73 bits per heavy atom. The van der Waals surface area contributed by atoms with Crippen LogP contribution in [0.15, 0.2) is 11.6 Å². The second kappa shape index (κ2) is 13.5. The summed E-state index contributed by atoms with van der Waals surface area (Å²) in [6.45, 7) is 7.62. The molecule has 0 aromatic rings. The van der Waals surface area contributed by atoms with Crippen LogP contribution in [0.4, 0.5) is 0 Å². The van der Waals surface area contributed by atoms with Crippen molar-refractivity contribution in [3.05, 3.63) is 11.6 Å². The third-order valence-corrected chi connectivity index (χ3v) is 4.99. The van der Waals surface area contributed by atoms with Crippen LogP contribution in [0.25, 0.3) is 0 Å². The van der Waals surface area contributed by atoms with Gasteiger partial charge in [0.1, 0.15) is 5.78 Å². The van der Waals surface area contributed by atoms with Gasteiger partial charge in [-0.3, -0.25) is 4.79 Å². The van der Waals surface area contributed by atoms with Crippen molar-refractivity contribution in [2.75, 3.05) is 13.6 Å². The summed E-state index contributed by atoms with van der Waals surface area (Å²) in [7, 11) is 2.24. The fourth-order valence-electron chi connectivity index (χ4n) is 3.06. The summed E-state index contributed by atoms with van der Waals surface area (Å²) >= 11 is 0. The van der Waals surface area contributed by atoms with Crippen LogP contribution in [0.5, 0.6) is 0 Å². The van der Waals surface area contributed by atoms with Crippen LogP contribution >= 0.6 is 0 Å². The molecular formula is C20H35NO5. The molecule has 2 N–H and O–H groups in total. The quantitative estimate of drug-likeness (QED) is 0.491. The van der Waals surface area contributed by atoms with E-state index in [0.29, 0.717) is 17.7 Å².